The van der Waals surface area contributed by atoms with Gasteiger partial charge in [0.15, 0.2) is 40.1 Å². The quantitative estimate of drug-likeness (QED) is 0.118. The number of aryl methyl sites for hydroxylation is 13. The molecule has 18 heteroatoms. The number of hydrogen-bond acceptors (Lipinski definition) is 13. The molecule has 0 saturated carbocycles. The normalized spacial score (nSPS) is 12.9. The van der Waals surface area contributed by atoms with E-state index in [4.69, 9.17) is 0 Å². The molecule has 0 saturated heterocycles. The Hall–Kier alpha value is -14.3. The number of hydrogen-bond donors (Lipinski definition) is 0. The molecule has 0 aliphatic heterocycles. The fourth-order valence-electron chi connectivity index (χ4n) is 17.3. The van der Waals surface area contributed by atoms with Crippen LogP contribution in [-0.2, 0) is 67.3 Å². The molecule has 10 heterocycles. The molecule has 0 N–H and O–H groups in total. The van der Waals surface area contributed by atoms with Crippen molar-refractivity contribution in [3.8, 4) is 56.3 Å². The maximum absolute atomic E-state index is 4.67. The minimum absolute atomic E-state index is 0.719. The average Bonchev–Trinajstić information content (AvgIpc) is 1.74. The Balaban J connectivity index is 0.000000112. The Morgan fingerprint density at radius 1 is 0.256 bits per heavy atom. The van der Waals surface area contributed by atoms with Crippen LogP contribution in [0.3, 0.4) is 0 Å². The van der Waals surface area contributed by atoms with Gasteiger partial charge in [-0.3, -0.25) is 15.0 Å². The Labute approximate surface area is 708 Å². The van der Waals surface area contributed by atoms with Crippen molar-refractivity contribution in [2.24, 2.45) is 35.2 Å². The van der Waals surface area contributed by atoms with Crippen LogP contribution in [0.2, 0.25) is 0 Å². The summed E-state index contributed by atoms with van der Waals surface area (Å²) in [6.07, 6.45) is 40.5. The molecule has 121 heavy (non-hydrogen) atoms. The van der Waals surface area contributed by atoms with E-state index in [1.165, 1.54) is 186 Å². The van der Waals surface area contributed by atoms with E-state index >= 15 is 0 Å². The molecule has 20 rings (SSSR count). The first-order valence-electron chi connectivity index (χ1n) is 41.0. The van der Waals surface area contributed by atoms with E-state index in [-0.39, 0.29) is 0 Å². The molecule has 596 valence electrons. The lowest BCUT2D eigenvalue weighted by Gasteiger charge is -2.13. The zero-order chi connectivity index (χ0) is 84.3. The zero-order valence-corrected chi connectivity index (χ0v) is 71.8. The fourth-order valence-corrected chi connectivity index (χ4v) is 17.3. The highest BCUT2D eigenvalue weighted by molar-refractivity contribution is 5.93. The summed E-state index contributed by atoms with van der Waals surface area (Å²) in [6.45, 7) is 24.0. The molecule has 5 aromatic carbocycles. The van der Waals surface area contributed by atoms with Crippen molar-refractivity contribution in [2.75, 3.05) is 0 Å². The Morgan fingerprint density at radius 3 is 1.01 bits per heavy atom. The van der Waals surface area contributed by atoms with Gasteiger partial charge in [-0.25, -0.2) is 47.8 Å². The Morgan fingerprint density at radius 2 is 0.612 bits per heavy atom. The number of rotatable bonds is 10. The zero-order valence-electron chi connectivity index (χ0n) is 71.8. The highest BCUT2D eigenvalue weighted by atomic mass is 15.0. The van der Waals surface area contributed by atoms with Crippen molar-refractivity contribution < 1.29 is 22.8 Å². The largest absolute Gasteiger partial charge is 0.287 e. The first kappa shape index (κ1) is 80.5. The van der Waals surface area contributed by atoms with Crippen LogP contribution in [0.5, 0.6) is 0 Å². The van der Waals surface area contributed by atoms with Crippen molar-refractivity contribution >= 4 is 58.2 Å². The third kappa shape index (κ3) is 16.7. The highest BCUT2D eigenvalue weighted by Gasteiger charge is 2.34. The summed E-state index contributed by atoms with van der Waals surface area (Å²) in [5, 5.41) is 0. The molecule has 0 fully saturated rings. The fraction of sp³-hybridized carbons (Fsp3) is 0.204. The predicted molar refractivity (Wildman–Crippen MR) is 479 cm³/mol. The standard InChI is InChI=1S/3C22H22N3.C19H17N4.C18H16N5/c1-14-9-15(2)16(3)19(10-14)22-20-11-18(17-5-7-23-8-6-17)12-21(20)24-13-25(22)4;1-14-8-15(2)16(3)19(9-14)22-20-10-18(17-6-5-7-23-12-17)11-21(20)24-13-25(22)4;1-14-9-15(2)16(3)18(10-14)22-19-11-17(20-7-5-6-8-23-20)12-21(19)24-13-25(22)4;1-13-6-3-4-7-15(13)18-16-10-14(19-20-8-5-9-21-19)11-17(16)22-12-23(18)2;1-12-5-3-4-6-14(12)17-15-7-13(18-20-9-19-10-21-18)8-16(15)22-11-23(17)2/h5-10,12-13H,11H2,1-4H3;5-9,11-13H,10H2,1-4H3;5-10,12-13H,11H2,1-4H3;3-9,11-12H,10H2,1-2H3;3-6,8-11H,7H2,1-2H3/q5*+1. The van der Waals surface area contributed by atoms with Crippen LogP contribution in [0, 0.1) is 76.2 Å². The Bertz CT molecular complexity index is 6160. The van der Waals surface area contributed by atoms with Crippen molar-refractivity contribution in [1.82, 2.24) is 64.8 Å². The molecule has 0 amide bonds. The van der Waals surface area contributed by atoms with Gasteiger partial charge in [-0.1, -0.05) is 95.6 Å². The van der Waals surface area contributed by atoms with Gasteiger partial charge >= 0.3 is 0 Å². The molecule has 0 spiro atoms. The average molecular weight is 1590 g/mol. The van der Waals surface area contributed by atoms with Gasteiger partial charge in [-0.05, 0) is 258 Å². The maximum Gasteiger partial charge on any atom is 0.287 e. The second-order valence-electron chi connectivity index (χ2n) is 32.2. The summed E-state index contributed by atoms with van der Waals surface area (Å²) in [5.74, 6) is 1.50. The SMILES string of the molecule is Cc1cc(C)c(C)c(-c2c3c(nc[n+]2C)C=C(c2ccccn2)C3)c1.Cc1cc(C)c(C)c(-c2c3c(nc[n+]2C)C=C(c2cccnc2)C3)c1.Cc1cc(C)c(C)c(-c2c3c(nc[n+]2C)C=C(c2ccncc2)C3)c1.Cc1ccccc1-c1c2c(nc[n+]1C)C=C(c1ncccn1)C2.Cc1ccccc1-c1c2c(nc[n+]1C)C=C(c1ncncn1)C2. The van der Waals surface area contributed by atoms with Crippen molar-refractivity contribution in [3.05, 3.63) is 367 Å². The predicted octanol–water partition coefficient (Wildman–Crippen LogP) is 16.9. The molecule has 0 radical (unpaired) electrons. The van der Waals surface area contributed by atoms with E-state index < -0.39 is 0 Å². The van der Waals surface area contributed by atoms with Gasteiger partial charge < -0.3 is 0 Å². The minimum Gasteiger partial charge on any atom is -0.265 e. The molecule has 0 unspecified atom stereocenters. The van der Waals surface area contributed by atoms with E-state index in [1.54, 1.807) is 12.4 Å². The van der Waals surface area contributed by atoms with Gasteiger partial charge in [-0.2, -0.15) is 0 Å². The van der Waals surface area contributed by atoms with E-state index in [1.807, 2.05) is 101 Å². The van der Waals surface area contributed by atoms with Crippen LogP contribution in [0.1, 0.15) is 146 Å². The summed E-state index contributed by atoms with van der Waals surface area (Å²) in [5.41, 5.74) is 48.1. The van der Waals surface area contributed by atoms with Gasteiger partial charge in [0.05, 0.1) is 68.7 Å². The topological polar surface area (TPSA) is 187 Å². The number of benzene rings is 5. The van der Waals surface area contributed by atoms with Gasteiger partial charge in [0.2, 0.25) is 0 Å². The third-order valence-corrected chi connectivity index (χ3v) is 23.7. The Kier molecular flexibility index (Phi) is 23.1. The van der Waals surface area contributed by atoms with Crippen molar-refractivity contribution in [1.29, 1.82) is 0 Å². The van der Waals surface area contributed by atoms with Crippen LogP contribution >= 0.6 is 0 Å². The molecule has 0 bridgehead atoms. The van der Waals surface area contributed by atoms with E-state index in [0.717, 1.165) is 89.1 Å². The molecule has 18 nitrogen and oxygen atoms in total. The monoisotopic (exact) mass is 1590 g/mol. The van der Waals surface area contributed by atoms with Crippen LogP contribution in [0.4, 0.5) is 0 Å². The van der Waals surface area contributed by atoms with Crippen molar-refractivity contribution in [3.63, 3.8) is 0 Å². The van der Waals surface area contributed by atoms with Crippen molar-refractivity contribution in [2.45, 2.75) is 108 Å². The second-order valence-corrected chi connectivity index (χ2v) is 32.2. The first-order valence-corrected chi connectivity index (χ1v) is 41.0. The van der Waals surface area contributed by atoms with E-state index in [0.29, 0.717) is 0 Å². The number of fused-ring (bicyclic) bond motifs is 5. The number of allylic oxidation sites excluding steroid dienone is 5. The summed E-state index contributed by atoms with van der Waals surface area (Å²) < 4.78 is 10.6. The second kappa shape index (κ2) is 34.7. The maximum atomic E-state index is 4.67. The smallest absolute Gasteiger partial charge is 0.265 e. The third-order valence-electron chi connectivity index (χ3n) is 23.7. The van der Waals surface area contributed by atoms with Gasteiger partial charge in [0, 0.05) is 114 Å². The van der Waals surface area contributed by atoms with Gasteiger partial charge in [-0.15, -0.1) is 0 Å². The number of pyridine rings is 3. The molecule has 0 atom stereocenters. The van der Waals surface area contributed by atoms with E-state index in [2.05, 4.69) is 325 Å². The minimum atomic E-state index is 0.719. The number of nitrogens with zero attached hydrogens (tertiary/aromatic N) is 18. The number of aromatic nitrogens is 18. The summed E-state index contributed by atoms with van der Waals surface area (Å²) in [4.78, 5) is 57.2. The van der Waals surface area contributed by atoms with Crippen LogP contribution in [0.25, 0.3) is 115 Å². The van der Waals surface area contributed by atoms with Gasteiger partial charge in [0.25, 0.3) is 31.6 Å². The molecule has 5 aliphatic carbocycles. The van der Waals surface area contributed by atoms with Crippen LogP contribution < -0.4 is 22.8 Å². The van der Waals surface area contributed by atoms with E-state index in [9.17, 15) is 0 Å². The summed E-state index contributed by atoms with van der Waals surface area (Å²) in [7, 11) is 10.3. The lowest BCUT2D eigenvalue weighted by atomic mass is 9.94. The lowest BCUT2D eigenvalue weighted by molar-refractivity contribution is -0.664. The van der Waals surface area contributed by atoms with Gasteiger partial charge in [0.1, 0.15) is 41.1 Å². The highest BCUT2D eigenvalue weighted by Crippen LogP contribution is 2.42. The first-order chi connectivity index (χ1) is 58.6. The molecular formula is C103H99N18+5. The molecule has 15 aromatic rings. The summed E-state index contributed by atoms with van der Waals surface area (Å²) >= 11 is 0. The van der Waals surface area contributed by atoms with Crippen LogP contribution in [-0.4, -0.2) is 64.8 Å². The lowest BCUT2D eigenvalue weighted by Crippen LogP contribution is -2.33. The van der Waals surface area contributed by atoms with Crippen LogP contribution in [0.15, 0.2) is 221 Å². The summed E-state index contributed by atoms with van der Waals surface area (Å²) in [6, 6.07) is 46.7. The molecule has 10 aromatic heterocycles. The molecular weight excluding hydrogens is 1490 g/mol. The molecule has 5 aliphatic rings.